The third kappa shape index (κ3) is 4.02. The molecule has 3 rings (SSSR count). The Hall–Kier alpha value is -1.25. The van der Waals surface area contributed by atoms with Gasteiger partial charge in [0, 0.05) is 6.04 Å². The first-order valence-electron chi connectivity index (χ1n) is 9.59. The Labute approximate surface area is 155 Å². The van der Waals surface area contributed by atoms with Crippen molar-refractivity contribution in [1.29, 1.82) is 0 Å². The Morgan fingerprint density at radius 1 is 1.35 bits per heavy atom. The van der Waals surface area contributed by atoms with Gasteiger partial charge in [0.15, 0.2) is 0 Å². The largest absolute Gasteiger partial charge is 0.525 e. The van der Waals surface area contributed by atoms with Crippen molar-refractivity contribution in [2.24, 2.45) is 0 Å². The smallest absolute Gasteiger partial charge is 0.398 e. The van der Waals surface area contributed by atoms with E-state index in [0.717, 1.165) is 26.1 Å². The van der Waals surface area contributed by atoms with Crippen LogP contribution < -0.4 is 0 Å². The highest BCUT2D eigenvalue weighted by molar-refractivity contribution is 6.54. The molecule has 3 heterocycles. The van der Waals surface area contributed by atoms with Gasteiger partial charge in [0.2, 0.25) is 0 Å². The van der Waals surface area contributed by atoms with Gasteiger partial charge in [-0.05, 0) is 66.1 Å². The number of hydrogen-bond acceptors (Lipinski definition) is 5. The topological polar surface area (TPSA) is 52.4 Å². The van der Waals surface area contributed by atoms with Crippen molar-refractivity contribution in [2.45, 2.75) is 77.7 Å². The maximum Gasteiger partial charge on any atom is 0.525 e. The molecule has 1 unspecified atom stereocenters. The van der Waals surface area contributed by atoms with Crippen LogP contribution in [0.25, 0.3) is 6.08 Å². The van der Waals surface area contributed by atoms with Crippen molar-refractivity contribution in [3.63, 3.8) is 0 Å². The predicted octanol–water partition coefficient (Wildman–Crippen LogP) is 3.09. The zero-order chi connectivity index (χ0) is 18.9. The molecule has 1 atom stereocenters. The van der Waals surface area contributed by atoms with Gasteiger partial charge in [0.05, 0.1) is 23.9 Å². The summed E-state index contributed by atoms with van der Waals surface area (Å²) in [4.78, 5) is 2.50. The standard InChI is InChI=1S/C18H30BFN4O2/c1-6-9-23-10-7-8-15(23)13-24-12-14(21-22-24)11-16(20)19-25-17(2,3)18(4,5)26-19/h11-12,15H,6-10,13H2,1-5H3. The minimum absolute atomic E-state index is 0.482. The highest BCUT2D eigenvalue weighted by Gasteiger charge is 2.53. The first-order chi connectivity index (χ1) is 12.2. The van der Waals surface area contributed by atoms with Crippen LogP contribution in [0.15, 0.2) is 11.9 Å². The number of aromatic nitrogens is 3. The molecule has 6 nitrogen and oxygen atoms in total. The second-order valence-electron chi connectivity index (χ2n) is 8.31. The fraction of sp³-hybridized carbons (Fsp3) is 0.778. The van der Waals surface area contributed by atoms with Crippen LogP contribution in [0.3, 0.4) is 0 Å². The lowest BCUT2D eigenvalue weighted by Crippen LogP contribution is -2.41. The summed E-state index contributed by atoms with van der Waals surface area (Å²) in [5.41, 5.74) is -1.13. The second-order valence-corrected chi connectivity index (χ2v) is 8.31. The molecule has 0 saturated carbocycles. The highest BCUT2D eigenvalue weighted by Crippen LogP contribution is 2.39. The van der Waals surface area contributed by atoms with E-state index >= 15 is 0 Å². The third-order valence-electron chi connectivity index (χ3n) is 5.73. The van der Waals surface area contributed by atoms with Gasteiger partial charge in [-0.1, -0.05) is 12.1 Å². The molecule has 0 aliphatic carbocycles. The summed E-state index contributed by atoms with van der Waals surface area (Å²) in [6, 6.07) is 0.487. The number of hydrogen-bond donors (Lipinski definition) is 0. The molecule has 1 aromatic rings. The van der Waals surface area contributed by atoms with Gasteiger partial charge >= 0.3 is 7.12 Å². The number of rotatable bonds is 6. The van der Waals surface area contributed by atoms with Crippen molar-refractivity contribution in [3.05, 3.63) is 17.6 Å². The second kappa shape index (κ2) is 7.41. The Morgan fingerprint density at radius 3 is 2.69 bits per heavy atom. The number of halogens is 1. The van der Waals surface area contributed by atoms with Crippen LogP contribution in [0.5, 0.6) is 0 Å². The molecule has 0 amide bonds. The third-order valence-corrected chi connectivity index (χ3v) is 5.73. The van der Waals surface area contributed by atoms with E-state index in [1.165, 1.54) is 18.9 Å². The van der Waals surface area contributed by atoms with Gasteiger partial charge in [-0.2, -0.15) is 0 Å². The molecular formula is C18H30BFN4O2. The van der Waals surface area contributed by atoms with Crippen LogP contribution in [-0.2, 0) is 15.9 Å². The number of nitrogens with zero attached hydrogens (tertiary/aromatic N) is 4. The quantitative estimate of drug-likeness (QED) is 0.726. The average molecular weight is 364 g/mol. The minimum Gasteiger partial charge on any atom is -0.398 e. The molecule has 2 fully saturated rings. The summed E-state index contributed by atoms with van der Waals surface area (Å²) in [6.45, 7) is 12.9. The van der Waals surface area contributed by atoms with Gasteiger partial charge in [0.25, 0.3) is 0 Å². The van der Waals surface area contributed by atoms with Crippen LogP contribution in [-0.4, -0.2) is 57.3 Å². The summed E-state index contributed by atoms with van der Waals surface area (Å²) in [7, 11) is -1.000. The van der Waals surface area contributed by atoms with E-state index in [0.29, 0.717) is 11.7 Å². The zero-order valence-corrected chi connectivity index (χ0v) is 16.5. The van der Waals surface area contributed by atoms with E-state index < -0.39 is 24.0 Å². The van der Waals surface area contributed by atoms with Crippen molar-refractivity contribution in [1.82, 2.24) is 19.9 Å². The van der Waals surface area contributed by atoms with E-state index in [2.05, 4.69) is 22.1 Å². The molecule has 0 radical (unpaired) electrons. The Kier molecular flexibility index (Phi) is 5.56. The van der Waals surface area contributed by atoms with Crippen LogP contribution >= 0.6 is 0 Å². The molecular weight excluding hydrogens is 334 g/mol. The first kappa shape index (κ1) is 19.5. The van der Waals surface area contributed by atoms with E-state index in [-0.39, 0.29) is 0 Å². The lowest BCUT2D eigenvalue weighted by atomic mass is 9.87. The Bertz CT molecular complexity index is 645. The molecule has 26 heavy (non-hydrogen) atoms. The van der Waals surface area contributed by atoms with Gasteiger partial charge < -0.3 is 9.31 Å². The summed E-state index contributed by atoms with van der Waals surface area (Å²) in [6.07, 6.45) is 6.69. The average Bonchev–Trinajstić information content (AvgIpc) is 3.21. The molecule has 0 N–H and O–H groups in total. The highest BCUT2D eigenvalue weighted by atomic mass is 19.1. The SMILES string of the molecule is CCCN1CCCC1Cn1cc(C=C(F)B2OC(C)(C)C(C)(C)O2)nn1. The predicted molar refractivity (Wildman–Crippen MR) is 100 cm³/mol. The van der Waals surface area contributed by atoms with Gasteiger partial charge in [0.1, 0.15) is 11.4 Å². The van der Waals surface area contributed by atoms with Crippen LogP contribution in [0.1, 0.15) is 59.6 Å². The lowest BCUT2D eigenvalue weighted by Gasteiger charge is -2.32. The van der Waals surface area contributed by atoms with Crippen LogP contribution in [0, 0.1) is 0 Å². The van der Waals surface area contributed by atoms with Crippen molar-refractivity contribution in [2.75, 3.05) is 13.1 Å². The maximum atomic E-state index is 14.6. The maximum absolute atomic E-state index is 14.6. The van der Waals surface area contributed by atoms with E-state index in [9.17, 15) is 4.39 Å². The van der Waals surface area contributed by atoms with Crippen LogP contribution in [0.2, 0.25) is 0 Å². The zero-order valence-electron chi connectivity index (χ0n) is 16.5. The van der Waals surface area contributed by atoms with E-state index in [4.69, 9.17) is 9.31 Å². The fourth-order valence-electron chi connectivity index (χ4n) is 3.53. The van der Waals surface area contributed by atoms with Gasteiger partial charge in [-0.3, -0.25) is 9.58 Å². The van der Waals surface area contributed by atoms with Crippen molar-refractivity contribution < 1.29 is 13.7 Å². The first-order valence-corrected chi connectivity index (χ1v) is 9.59. The molecule has 0 bridgehead atoms. The van der Waals surface area contributed by atoms with Crippen LogP contribution in [0.4, 0.5) is 4.39 Å². The lowest BCUT2D eigenvalue weighted by molar-refractivity contribution is 0.00578. The minimum atomic E-state index is -1.000. The molecule has 2 aliphatic rings. The Morgan fingerprint density at radius 2 is 2.04 bits per heavy atom. The fourth-order valence-corrected chi connectivity index (χ4v) is 3.53. The monoisotopic (exact) mass is 364 g/mol. The van der Waals surface area contributed by atoms with E-state index in [1.54, 1.807) is 6.20 Å². The summed E-state index contributed by atoms with van der Waals surface area (Å²) in [5, 5.41) is 8.24. The van der Waals surface area contributed by atoms with Gasteiger partial charge in [-0.25, -0.2) is 4.39 Å². The normalized spacial score (nSPS) is 26.0. The number of likely N-dealkylation sites (tertiary alicyclic amines) is 1. The molecule has 144 valence electrons. The molecule has 0 spiro atoms. The molecule has 1 aromatic heterocycles. The van der Waals surface area contributed by atoms with E-state index in [1.807, 2.05) is 32.4 Å². The summed E-state index contributed by atoms with van der Waals surface area (Å²) >= 11 is 0. The molecule has 2 aliphatic heterocycles. The van der Waals surface area contributed by atoms with Crippen molar-refractivity contribution >= 4 is 13.2 Å². The molecule has 0 aromatic carbocycles. The van der Waals surface area contributed by atoms with Crippen molar-refractivity contribution in [3.8, 4) is 0 Å². The Balaban J connectivity index is 1.64. The van der Waals surface area contributed by atoms with Gasteiger partial charge in [-0.15, -0.1) is 5.10 Å². The molecule has 2 saturated heterocycles. The summed E-state index contributed by atoms with van der Waals surface area (Å²) in [5.74, 6) is 0. The molecule has 8 heteroatoms. The summed E-state index contributed by atoms with van der Waals surface area (Å²) < 4.78 is 27.8.